The minimum Gasteiger partial charge on any atom is -0.490 e. The molecule has 0 spiro atoms. The number of rotatable bonds is 6. The summed E-state index contributed by atoms with van der Waals surface area (Å²) in [6.07, 6.45) is 0.719. The molecule has 3 nitrogen and oxygen atoms in total. The third-order valence-corrected chi connectivity index (χ3v) is 3.00. The first-order chi connectivity index (χ1) is 10.2. The van der Waals surface area contributed by atoms with Gasteiger partial charge in [-0.25, -0.2) is 4.39 Å². The van der Waals surface area contributed by atoms with E-state index in [2.05, 4.69) is 4.81 Å². The average molecular weight is 292 g/mol. The third-order valence-electron chi connectivity index (χ3n) is 3.00. The molecule has 0 aliphatic heterocycles. The van der Waals surface area contributed by atoms with Crippen molar-refractivity contribution in [2.24, 2.45) is 0 Å². The molecule has 21 heavy (non-hydrogen) atoms. The van der Waals surface area contributed by atoms with Gasteiger partial charge in [-0.15, -0.1) is 0 Å². The molecule has 0 saturated carbocycles. The van der Waals surface area contributed by atoms with Crippen molar-refractivity contribution in [1.29, 1.82) is 0 Å². The fourth-order valence-electron chi connectivity index (χ4n) is 1.93. The summed E-state index contributed by atoms with van der Waals surface area (Å²) in [5, 5.41) is 8.36. The quantitative estimate of drug-likeness (QED) is 0.505. The summed E-state index contributed by atoms with van der Waals surface area (Å²) in [4.78, 5) is 4.02. The molecular formula is C15H15BF2O3. The highest BCUT2D eigenvalue weighted by molar-refractivity contribution is 6.46. The Hall–Kier alpha value is -1.92. The van der Waals surface area contributed by atoms with Gasteiger partial charge in [0, 0.05) is 5.56 Å². The Labute approximate surface area is 122 Å². The molecule has 0 amide bonds. The zero-order valence-electron chi connectivity index (χ0n) is 11.6. The summed E-state index contributed by atoms with van der Waals surface area (Å²) < 4.78 is 33.2. The maximum atomic E-state index is 14.1. The van der Waals surface area contributed by atoms with Gasteiger partial charge in [0.2, 0.25) is 5.82 Å². The number of ether oxygens (including phenoxy) is 1. The third kappa shape index (κ3) is 3.59. The summed E-state index contributed by atoms with van der Waals surface area (Å²) in [6, 6.07) is 9.53. The first kappa shape index (κ1) is 15.5. The highest BCUT2D eigenvalue weighted by Crippen LogP contribution is 2.29. The minimum atomic E-state index is -0.983. The van der Waals surface area contributed by atoms with Gasteiger partial charge >= 0.3 is 7.48 Å². The Morgan fingerprint density at radius 2 is 1.76 bits per heavy atom. The lowest BCUT2D eigenvalue weighted by molar-refractivity contribution is -0.135. The lowest BCUT2D eigenvalue weighted by Gasteiger charge is -2.10. The molecule has 110 valence electrons. The highest BCUT2D eigenvalue weighted by Gasteiger charge is 2.15. The van der Waals surface area contributed by atoms with Crippen LogP contribution in [0.3, 0.4) is 0 Å². The normalized spacial score (nSPS) is 10.5. The van der Waals surface area contributed by atoms with Gasteiger partial charge in [-0.05, 0) is 29.6 Å². The van der Waals surface area contributed by atoms with Crippen LogP contribution in [0.1, 0.15) is 13.3 Å². The van der Waals surface area contributed by atoms with Crippen molar-refractivity contribution in [3.05, 3.63) is 48.0 Å². The van der Waals surface area contributed by atoms with Gasteiger partial charge in [0.15, 0.2) is 11.6 Å². The van der Waals surface area contributed by atoms with Gasteiger partial charge in [0.05, 0.1) is 6.61 Å². The van der Waals surface area contributed by atoms with Crippen molar-refractivity contribution >= 4 is 12.9 Å². The van der Waals surface area contributed by atoms with Crippen LogP contribution in [-0.4, -0.2) is 19.3 Å². The van der Waals surface area contributed by atoms with Gasteiger partial charge < -0.3 is 9.54 Å². The summed E-state index contributed by atoms with van der Waals surface area (Å²) in [5.74, 6) is -2.00. The molecule has 2 aromatic rings. The molecule has 0 aliphatic rings. The van der Waals surface area contributed by atoms with Crippen LogP contribution >= 0.6 is 0 Å². The molecule has 0 atom stereocenters. The topological polar surface area (TPSA) is 38.7 Å². The molecule has 0 bridgehead atoms. The van der Waals surface area contributed by atoms with Crippen molar-refractivity contribution in [2.75, 3.05) is 6.61 Å². The average Bonchev–Trinajstić information content (AvgIpc) is 2.50. The Morgan fingerprint density at radius 1 is 1.05 bits per heavy atom. The van der Waals surface area contributed by atoms with Crippen molar-refractivity contribution in [2.45, 2.75) is 13.3 Å². The fraction of sp³-hybridized carbons (Fsp3) is 0.200. The molecule has 0 fully saturated rings. The lowest BCUT2D eigenvalue weighted by atomic mass is 9.87. The molecule has 0 radical (unpaired) electrons. The molecule has 1 N–H and O–H groups in total. The summed E-state index contributed by atoms with van der Waals surface area (Å²) in [6.45, 7) is 2.23. The fourth-order valence-corrected chi connectivity index (χ4v) is 1.93. The Morgan fingerprint density at radius 3 is 2.38 bits per heavy atom. The van der Waals surface area contributed by atoms with Gasteiger partial charge in [-0.1, -0.05) is 31.2 Å². The smallest absolute Gasteiger partial charge is 0.355 e. The first-order valence-electron chi connectivity index (χ1n) is 6.63. The van der Waals surface area contributed by atoms with Crippen LogP contribution in [0, 0.1) is 11.6 Å². The maximum absolute atomic E-state index is 14.1. The minimum absolute atomic E-state index is 0.0426. The van der Waals surface area contributed by atoms with E-state index in [1.165, 1.54) is 12.1 Å². The lowest BCUT2D eigenvalue weighted by Crippen LogP contribution is -2.15. The Balaban J connectivity index is 2.29. The van der Waals surface area contributed by atoms with Crippen molar-refractivity contribution < 1.29 is 23.6 Å². The molecule has 0 saturated heterocycles. The van der Waals surface area contributed by atoms with Crippen LogP contribution in [0.4, 0.5) is 8.78 Å². The van der Waals surface area contributed by atoms with E-state index in [0.717, 1.165) is 11.9 Å². The second-order valence-corrected chi connectivity index (χ2v) is 4.56. The van der Waals surface area contributed by atoms with Crippen LogP contribution < -0.4 is 10.2 Å². The monoisotopic (exact) mass is 292 g/mol. The standard InChI is InChI=1S/C15H15BF2O3/c1-2-9-20-13-8-7-12(14(17)15(13)18)10-3-5-11(6-4-10)16-21-19/h3-8,16,19H,2,9H2,1H3. The van der Waals surface area contributed by atoms with E-state index in [0.29, 0.717) is 12.2 Å². The molecule has 0 aliphatic carbocycles. The molecule has 0 unspecified atom stereocenters. The van der Waals surface area contributed by atoms with Crippen molar-refractivity contribution in [3.63, 3.8) is 0 Å². The van der Waals surface area contributed by atoms with E-state index in [1.54, 1.807) is 24.3 Å². The zero-order valence-corrected chi connectivity index (χ0v) is 11.6. The van der Waals surface area contributed by atoms with E-state index in [9.17, 15) is 8.78 Å². The molecule has 0 heterocycles. The van der Waals surface area contributed by atoms with Gasteiger partial charge in [0.25, 0.3) is 0 Å². The Kier molecular flexibility index (Phi) is 5.30. The van der Waals surface area contributed by atoms with E-state index in [4.69, 9.17) is 9.99 Å². The zero-order chi connectivity index (χ0) is 15.2. The van der Waals surface area contributed by atoms with Crippen molar-refractivity contribution in [1.82, 2.24) is 0 Å². The summed E-state index contributed by atoms with van der Waals surface area (Å²) in [7, 11) is 0.0426. The predicted octanol–water partition coefficient (Wildman–Crippen LogP) is 2.89. The predicted molar refractivity (Wildman–Crippen MR) is 78.1 cm³/mol. The summed E-state index contributed by atoms with van der Waals surface area (Å²) >= 11 is 0. The van der Waals surface area contributed by atoms with Crippen LogP contribution in [0.15, 0.2) is 36.4 Å². The molecule has 0 aromatic heterocycles. The van der Waals surface area contributed by atoms with E-state index < -0.39 is 11.6 Å². The number of hydrogen-bond acceptors (Lipinski definition) is 3. The summed E-state index contributed by atoms with van der Waals surface area (Å²) in [5.41, 5.74) is 1.42. The van der Waals surface area contributed by atoms with E-state index in [-0.39, 0.29) is 18.8 Å². The molecule has 6 heteroatoms. The molecule has 2 rings (SSSR count). The number of benzene rings is 2. The molecular weight excluding hydrogens is 277 g/mol. The first-order valence-corrected chi connectivity index (χ1v) is 6.63. The van der Waals surface area contributed by atoms with Crippen molar-refractivity contribution in [3.8, 4) is 16.9 Å². The van der Waals surface area contributed by atoms with Gasteiger partial charge in [-0.2, -0.15) is 4.39 Å². The van der Waals surface area contributed by atoms with Crippen LogP contribution in [0.5, 0.6) is 5.75 Å². The number of halogens is 2. The van der Waals surface area contributed by atoms with Gasteiger partial charge in [-0.3, -0.25) is 5.26 Å². The van der Waals surface area contributed by atoms with Crippen LogP contribution in [-0.2, 0) is 4.81 Å². The van der Waals surface area contributed by atoms with E-state index in [1.807, 2.05) is 6.92 Å². The SMILES string of the molecule is CCCOc1ccc(-c2ccc(BOO)cc2)c(F)c1F. The second kappa shape index (κ2) is 7.20. The maximum Gasteiger partial charge on any atom is 0.355 e. The van der Waals surface area contributed by atoms with Crippen LogP contribution in [0.25, 0.3) is 11.1 Å². The highest BCUT2D eigenvalue weighted by atomic mass is 19.2. The van der Waals surface area contributed by atoms with E-state index >= 15 is 0 Å². The Bertz CT molecular complexity index is 603. The van der Waals surface area contributed by atoms with Gasteiger partial charge in [0.1, 0.15) is 0 Å². The number of hydrogen-bond donors (Lipinski definition) is 1. The largest absolute Gasteiger partial charge is 0.490 e. The second-order valence-electron chi connectivity index (χ2n) is 4.56. The van der Waals surface area contributed by atoms with Crippen LogP contribution in [0.2, 0.25) is 0 Å². The molecule has 2 aromatic carbocycles.